The van der Waals surface area contributed by atoms with E-state index in [4.69, 9.17) is 14.2 Å². The Morgan fingerprint density at radius 3 is 2.96 bits per heavy atom. The molecule has 27 heavy (non-hydrogen) atoms. The molecular weight excluding hydrogens is 342 g/mol. The van der Waals surface area contributed by atoms with E-state index in [-0.39, 0.29) is 17.1 Å². The Bertz CT molecular complexity index is 810. The molecule has 0 radical (unpaired) electrons. The van der Waals surface area contributed by atoms with Crippen LogP contribution in [0.3, 0.4) is 0 Å². The number of hydrogen-bond acceptors (Lipinski definition) is 6. The van der Waals surface area contributed by atoms with Crippen molar-refractivity contribution in [3.8, 4) is 11.5 Å². The number of nitrogens with one attached hydrogen (secondary N) is 1. The molecule has 2 heterocycles. The van der Waals surface area contributed by atoms with E-state index in [1.807, 2.05) is 7.05 Å². The minimum absolute atomic E-state index is 0.0909. The first-order valence-electron chi connectivity index (χ1n) is 10.1. The number of benzene rings is 1. The highest BCUT2D eigenvalue weighted by atomic mass is 16.5. The lowest BCUT2D eigenvalue weighted by molar-refractivity contribution is -0.193. The van der Waals surface area contributed by atoms with Crippen molar-refractivity contribution in [2.75, 3.05) is 34.4 Å². The van der Waals surface area contributed by atoms with Gasteiger partial charge in [-0.2, -0.15) is 5.10 Å². The minimum Gasteiger partial charge on any atom is -0.493 e. The van der Waals surface area contributed by atoms with E-state index in [0.717, 1.165) is 49.4 Å². The van der Waals surface area contributed by atoms with Crippen LogP contribution in [-0.2, 0) is 16.6 Å². The molecule has 1 spiro atoms. The van der Waals surface area contributed by atoms with Gasteiger partial charge in [-0.25, -0.2) is 0 Å². The second-order valence-electron chi connectivity index (χ2n) is 8.20. The van der Waals surface area contributed by atoms with Crippen molar-refractivity contribution in [2.24, 2.45) is 5.10 Å². The molecule has 4 atom stereocenters. The zero-order valence-electron chi connectivity index (χ0n) is 16.7. The van der Waals surface area contributed by atoms with Crippen LogP contribution < -0.4 is 14.9 Å². The predicted molar refractivity (Wildman–Crippen MR) is 104 cm³/mol. The van der Waals surface area contributed by atoms with Gasteiger partial charge in [0.2, 0.25) is 0 Å². The van der Waals surface area contributed by atoms with Crippen molar-refractivity contribution in [2.45, 2.75) is 55.8 Å². The topological polar surface area (TPSA) is 55.3 Å². The molecule has 5 rings (SSSR count). The van der Waals surface area contributed by atoms with Gasteiger partial charge in [-0.15, -0.1) is 0 Å². The molecular formula is C21H29N3O3. The monoisotopic (exact) mass is 371 g/mol. The van der Waals surface area contributed by atoms with Crippen LogP contribution in [-0.4, -0.2) is 62.7 Å². The SMILES string of the molecule is CCO[C@@]12CC/C(=N\NC)[C@@H]3Oc4c(OC)ccc5c4[C@@]31CCN(C)[C@@H]2C5. The van der Waals surface area contributed by atoms with Crippen molar-refractivity contribution >= 4 is 5.71 Å². The molecule has 6 nitrogen and oxygen atoms in total. The molecule has 1 saturated carbocycles. The fourth-order valence-corrected chi connectivity index (χ4v) is 6.48. The minimum atomic E-state index is -0.239. The van der Waals surface area contributed by atoms with Crippen molar-refractivity contribution in [1.82, 2.24) is 10.3 Å². The van der Waals surface area contributed by atoms with E-state index in [9.17, 15) is 0 Å². The van der Waals surface area contributed by atoms with Gasteiger partial charge in [0.05, 0.1) is 23.8 Å². The summed E-state index contributed by atoms with van der Waals surface area (Å²) in [6.45, 7) is 3.87. The van der Waals surface area contributed by atoms with Gasteiger partial charge in [0.25, 0.3) is 0 Å². The molecule has 2 aliphatic carbocycles. The van der Waals surface area contributed by atoms with Crippen LogP contribution in [0.15, 0.2) is 17.2 Å². The molecule has 0 unspecified atom stereocenters. The lowest BCUT2D eigenvalue weighted by Crippen LogP contribution is -2.77. The number of hydrogen-bond donors (Lipinski definition) is 1. The normalized spacial score (nSPS) is 37.7. The Morgan fingerprint density at radius 2 is 2.22 bits per heavy atom. The summed E-state index contributed by atoms with van der Waals surface area (Å²) in [6, 6.07) is 4.65. The summed E-state index contributed by atoms with van der Waals surface area (Å²) in [7, 11) is 5.83. The van der Waals surface area contributed by atoms with Gasteiger partial charge in [0, 0.05) is 25.3 Å². The Hall–Kier alpha value is -1.79. The molecule has 2 fully saturated rings. The number of likely N-dealkylation sites (tertiary alicyclic amines) is 1. The van der Waals surface area contributed by atoms with Gasteiger partial charge in [-0.1, -0.05) is 6.07 Å². The molecule has 2 bridgehead atoms. The van der Waals surface area contributed by atoms with E-state index in [1.54, 1.807) is 7.11 Å². The molecule has 1 N–H and O–H groups in total. The number of rotatable bonds is 4. The molecule has 4 aliphatic rings. The largest absolute Gasteiger partial charge is 0.493 e. The smallest absolute Gasteiger partial charge is 0.166 e. The number of piperidine rings is 1. The van der Waals surface area contributed by atoms with Crippen molar-refractivity contribution in [1.29, 1.82) is 0 Å². The second kappa shape index (κ2) is 5.85. The quantitative estimate of drug-likeness (QED) is 0.822. The van der Waals surface area contributed by atoms with Crippen LogP contribution >= 0.6 is 0 Å². The average Bonchev–Trinajstić information content (AvgIpc) is 3.02. The van der Waals surface area contributed by atoms with Crippen molar-refractivity contribution in [3.05, 3.63) is 23.3 Å². The lowest BCUT2D eigenvalue weighted by atomic mass is 9.48. The molecule has 2 aliphatic heterocycles. The van der Waals surface area contributed by atoms with Gasteiger partial charge < -0.3 is 24.5 Å². The van der Waals surface area contributed by atoms with Crippen molar-refractivity contribution in [3.63, 3.8) is 0 Å². The maximum absolute atomic E-state index is 6.73. The van der Waals surface area contributed by atoms with Crippen LogP contribution in [0.25, 0.3) is 0 Å². The zero-order chi connectivity index (χ0) is 18.8. The summed E-state index contributed by atoms with van der Waals surface area (Å²) >= 11 is 0. The van der Waals surface area contributed by atoms with Gasteiger partial charge in [-0.05, 0) is 57.8 Å². The first kappa shape index (κ1) is 17.3. The van der Waals surface area contributed by atoms with Gasteiger partial charge in [0.15, 0.2) is 17.6 Å². The summed E-state index contributed by atoms with van der Waals surface area (Å²) in [5.41, 5.74) is 6.38. The number of nitrogens with zero attached hydrogens (tertiary/aromatic N) is 2. The average molecular weight is 371 g/mol. The molecule has 6 heteroatoms. The lowest BCUT2D eigenvalue weighted by Gasteiger charge is -2.64. The fourth-order valence-electron chi connectivity index (χ4n) is 6.48. The van der Waals surface area contributed by atoms with Crippen LogP contribution in [0, 0.1) is 0 Å². The molecule has 1 aromatic carbocycles. The predicted octanol–water partition coefficient (Wildman–Crippen LogP) is 2.10. The van der Waals surface area contributed by atoms with E-state index in [2.05, 4.69) is 41.5 Å². The number of ether oxygens (including phenoxy) is 3. The molecule has 0 aromatic heterocycles. The highest BCUT2D eigenvalue weighted by molar-refractivity contribution is 5.94. The third-order valence-electron chi connectivity index (χ3n) is 7.37. The van der Waals surface area contributed by atoms with E-state index in [0.29, 0.717) is 12.6 Å². The molecule has 0 amide bonds. The maximum Gasteiger partial charge on any atom is 0.166 e. The molecule has 1 aromatic rings. The summed E-state index contributed by atoms with van der Waals surface area (Å²) < 4.78 is 19.1. The second-order valence-corrected chi connectivity index (χ2v) is 8.20. The van der Waals surface area contributed by atoms with Crippen molar-refractivity contribution < 1.29 is 14.2 Å². The summed E-state index contributed by atoms with van der Waals surface area (Å²) in [5.74, 6) is 1.74. The zero-order valence-corrected chi connectivity index (χ0v) is 16.7. The Labute approximate surface area is 160 Å². The molecule has 146 valence electrons. The summed E-state index contributed by atoms with van der Waals surface area (Å²) in [5, 5.41) is 4.64. The number of hydrazone groups is 1. The Morgan fingerprint density at radius 1 is 1.37 bits per heavy atom. The molecule has 1 saturated heterocycles. The fraction of sp³-hybridized carbons (Fsp3) is 0.667. The maximum atomic E-state index is 6.73. The summed E-state index contributed by atoms with van der Waals surface area (Å²) in [6.07, 6.45) is 3.79. The van der Waals surface area contributed by atoms with E-state index >= 15 is 0 Å². The first-order valence-corrected chi connectivity index (χ1v) is 10.1. The standard InChI is InChI=1S/C21H29N3O3/c1-5-26-21-9-8-14(23-22-2)19-20(21)10-11-24(3)16(21)12-13-6-7-15(25-4)18(27-19)17(13)20/h6-7,16,19,22H,5,8-12H2,1-4H3/b23-14+/t16-,19+,20+,21-/m1/s1. The Balaban J connectivity index is 1.82. The van der Waals surface area contributed by atoms with Gasteiger partial charge in [-0.3, -0.25) is 0 Å². The third kappa shape index (κ3) is 1.90. The highest BCUT2D eigenvalue weighted by Crippen LogP contribution is 2.66. The number of methoxy groups -OCH3 is 1. The number of likely N-dealkylation sites (N-methyl/N-ethyl adjacent to an activating group) is 1. The van der Waals surface area contributed by atoms with E-state index in [1.165, 1.54) is 11.1 Å². The Kier molecular flexibility index (Phi) is 3.75. The van der Waals surface area contributed by atoms with Crippen LogP contribution in [0.1, 0.15) is 37.3 Å². The van der Waals surface area contributed by atoms with Crippen LogP contribution in [0.4, 0.5) is 0 Å². The highest BCUT2D eigenvalue weighted by Gasteiger charge is 2.73. The van der Waals surface area contributed by atoms with Crippen LogP contribution in [0.2, 0.25) is 0 Å². The van der Waals surface area contributed by atoms with E-state index < -0.39 is 0 Å². The summed E-state index contributed by atoms with van der Waals surface area (Å²) in [4.78, 5) is 2.50. The van der Waals surface area contributed by atoms with Gasteiger partial charge >= 0.3 is 0 Å². The first-order chi connectivity index (χ1) is 13.1. The third-order valence-corrected chi connectivity index (χ3v) is 7.37. The van der Waals surface area contributed by atoms with Crippen LogP contribution in [0.5, 0.6) is 11.5 Å². The van der Waals surface area contributed by atoms with Gasteiger partial charge in [0.1, 0.15) is 0 Å².